The van der Waals surface area contributed by atoms with Gasteiger partial charge in [0.2, 0.25) is 0 Å². The zero-order valence-corrected chi connectivity index (χ0v) is 25.7. The van der Waals surface area contributed by atoms with Crippen molar-refractivity contribution < 1.29 is 57.1 Å². The fourth-order valence-electron chi connectivity index (χ4n) is 3.75. The minimum Gasteiger partial charge on any atom is -0.460 e. The van der Waals surface area contributed by atoms with Gasteiger partial charge >= 0.3 is 23.9 Å². The van der Waals surface area contributed by atoms with E-state index in [1.807, 2.05) is 43.3 Å². The van der Waals surface area contributed by atoms with Gasteiger partial charge in [-0.2, -0.15) is 0 Å². The van der Waals surface area contributed by atoms with Crippen molar-refractivity contribution in [3.63, 3.8) is 0 Å². The molecule has 3 atom stereocenters. The lowest BCUT2D eigenvalue weighted by Crippen LogP contribution is -2.56. The van der Waals surface area contributed by atoms with Gasteiger partial charge in [0.05, 0.1) is 25.7 Å². The molecule has 44 heavy (non-hydrogen) atoms. The molecule has 0 N–H and O–H groups in total. The molecule has 0 radical (unpaired) electrons. The lowest BCUT2D eigenvalue weighted by Gasteiger charge is -2.38. The first-order valence-electron chi connectivity index (χ1n) is 14.4. The largest absolute Gasteiger partial charge is 0.460 e. The second-order valence-corrected chi connectivity index (χ2v) is 9.67. The van der Waals surface area contributed by atoms with Gasteiger partial charge < -0.3 is 37.9 Å². The number of benzene rings is 2. The quantitative estimate of drug-likeness (QED) is 0.111. The summed E-state index contributed by atoms with van der Waals surface area (Å²) in [4.78, 5) is 48.9. The molecule has 12 heteroatoms. The molecule has 0 saturated heterocycles. The molecule has 0 amide bonds. The Labute approximate surface area is 257 Å². The molecule has 3 unspecified atom stereocenters. The number of esters is 4. The van der Waals surface area contributed by atoms with Crippen LogP contribution in [-0.4, -0.2) is 62.8 Å². The van der Waals surface area contributed by atoms with Crippen LogP contribution in [0.1, 0.15) is 58.1 Å². The third-order valence-electron chi connectivity index (χ3n) is 6.08. The first-order valence-corrected chi connectivity index (χ1v) is 14.4. The van der Waals surface area contributed by atoms with E-state index in [0.717, 1.165) is 19.4 Å². The second-order valence-electron chi connectivity index (χ2n) is 9.67. The average Bonchev–Trinajstić information content (AvgIpc) is 3.01. The van der Waals surface area contributed by atoms with E-state index in [0.29, 0.717) is 18.4 Å². The third-order valence-corrected chi connectivity index (χ3v) is 6.08. The van der Waals surface area contributed by atoms with Crippen molar-refractivity contribution in [2.75, 3.05) is 26.8 Å². The smallest absolute Gasteiger partial charge is 0.313 e. The number of hydrogen-bond donors (Lipinski definition) is 0. The number of hydrogen-bond acceptors (Lipinski definition) is 12. The molecule has 2 aromatic rings. The zero-order valence-electron chi connectivity index (χ0n) is 25.7. The number of carbonyl (C=O) groups excluding carboxylic acids is 4. The molecule has 0 fully saturated rings. The number of rotatable bonds is 21. The first-order chi connectivity index (χ1) is 21.2. The molecule has 12 nitrogen and oxygen atoms in total. The topological polar surface area (TPSA) is 142 Å². The fraction of sp³-hybridized carbons (Fsp3) is 0.500. The van der Waals surface area contributed by atoms with Crippen molar-refractivity contribution in [1.82, 2.24) is 0 Å². The standard InChI is InChI=1S/C32H42O12/c1-5-13-28(20-37-18-26-14-9-7-10-15-26)30(36)44-31(38-19-27-16-11-8-12-17-27)32(21-39-24(3)33,42-22-40-25(4)34)43-23-41-29(35)6-2/h7-12,14-17,28,31H,5-6,13,18-23H2,1-4H3. The van der Waals surface area contributed by atoms with Crippen LogP contribution in [0.2, 0.25) is 0 Å². The predicted molar refractivity (Wildman–Crippen MR) is 155 cm³/mol. The molecule has 2 aromatic carbocycles. The zero-order chi connectivity index (χ0) is 32.2. The Kier molecular flexibility index (Phi) is 16.7. The summed E-state index contributed by atoms with van der Waals surface area (Å²) in [5.41, 5.74) is 1.65. The molecule has 0 aromatic heterocycles. The van der Waals surface area contributed by atoms with Crippen molar-refractivity contribution in [1.29, 1.82) is 0 Å². The fourth-order valence-corrected chi connectivity index (χ4v) is 3.75. The van der Waals surface area contributed by atoms with E-state index < -0.39 is 62.1 Å². The summed E-state index contributed by atoms with van der Waals surface area (Å²) in [6.07, 6.45) is -0.563. The Morgan fingerprint density at radius 1 is 0.750 bits per heavy atom. The van der Waals surface area contributed by atoms with Crippen LogP contribution in [0.4, 0.5) is 0 Å². The van der Waals surface area contributed by atoms with Crippen molar-refractivity contribution in [2.24, 2.45) is 5.92 Å². The van der Waals surface area contributed by atoms with Crippen LogP contribution in [0.25, 0.3) is 0 Å². The van der Waals surface area contributed by atoms with Gasteiger partial charge in [0.15, 0.2) is 20.2 Å². The highest BCUT2D eigenvalue weighted by atomic mass is 16.8. The SMILES string of the molecule is CCCC(COCc1ccccc1)C(=O)OC(OCc1ccccc1)C(COC(C)=O)(OCOC(C)=O)OCOC(=O)CC. The summed E-state index contributed by atoms with van der Waals surface area (Å²) >= 11 is 0. The highest BCUT2D eigenvalue weighted by Crippen LogP contribution is 2.27. The average molecular weight is 619 g/mol. The Morgan fingerprint density at radius 3 is 1.86 bits per heavy atom. The van der Waals surface area contributed by atoms with Crippen LogP contribution in [0, 0.1) is 5.92 Å². The van der Waals surface area contributed by atoms with Gasteiger partial charge in [-0.25, -0.2) is 0 Å². The van der Waals surface area contributed by atoms with Gasteiger partial charge in [-0.05, 0) is 17.5 Å². The van der Waals surface area contributed by atoms with Crippen LogP contribution in [-0.2, 0) is 70.3 Å². The predicted octanol–water partition coefficient (Wildman–Crippen LogP) is 4.43. The number of carbonyl (C=O) groups is 4. The Bertz CT molecular complexity index is 1140. The highest BCUT2D eigenvalue weighted by Gasteiger charge is 2.48. The minimum absolute atomic E-state index is 0.0488. The molecular weight excluding hydrogens is 576 g/mol. The summed E-state index contributed by atoms with van der Waals surface area (Å²) in [5.74, 6) is -5.61. The molecule has 0 aliphatic rings. The maximum atomic E-state index is 13.6. The van der Waals surface area contributed by atoms with Crippen LogP contribution in [0.5, 0.6) is 0 Å². The molecule has 0 spiro atoms. The van der Waals surface area contributed by atoms with Crippen molar-refractivity contribution in [3.8, 4) is 0 Å². The third kappa shape index (κ3) is 13.6. The summed E-state index contributed by atoms with van der Waals surface area (Å²) < 4.78 is 44.5. The van der Waals surface area contributed by atoms with Crippen LogP contribution in [0.15, 0.2) is 60.7 Å². The highest BCUT2D eigenvalue weighted by molar-refractivity contribution is 5.72. The normalized spacial score (nSPS) is 13.6. The van der Waals surface area contributed by atoms with Gasteiger partial charge in [0.25, 0.3) is 12.1 Å². The van der Waals surface area contributed by atoms with Crippen LogP contribution >= 0.6 is 0 Å². The molecule has 0 aliphatic carbocycles. The van der Waals surface area contributed by atoms with Crippen LogP contribution in [0.3, 0.4) is 0 Å². The van der Waals surface area contributed by atoms with E-state index >= 15 is 0 Å². The van der Waals surface area contributed by atoms with Gasteiger partial charge in [-0.15, -0.1) is 0 Å². The lowest BCUT2D eigenvalue weighted by molar-refractivity contribution is -0.381. The van der Waals surface area contributed by atoms with Gasteiger partial charge in [0.1, 0.15) is 0 Å². The molecule has 0 saturated carbocycles. The maximum absolute atomic E-state index is 13.6. The lowest BCUT2D eigenvalue weighted by atomic mass is 10.1. The molecule has 0 heterocycles. The van der Waals surface area contributed by atoms with Gasteiger partial charge in [0, 0.05) is 20.3 Å². The Balaban J connectivity index is 2.39. The number of ether oxygens (including phenoxy) is 8. The molecule has 0 aliphatic heterocycles. The minimum atomic E-state index is -2.22. The second kappa shape index (κ2) is 20.2. The van der Waals surface area contributed by atoms with Crippen LogP contribution < -0.4 is 0 Å². The van der Waals surface area contributed by atoms with E-state index in [-0.39, 0.29) is 26.2 Å². The summed E-state index contributed by atoms with van der Waals surface area (Å²) in [6, 6.07) is 18.5. The first kappa shape index (κ1) is 36.4. The van der Waals surface area contributed by atoms with Crippen molar-refractivity contribution in [2.45, 2.75) is 72.2 Å². The van der Waals surface area contributed by atoms with Crippen molar-refractivity contribution in [3.05, 3.63) is 71.8 Å². The molecular formula is C32H42O12. The molecule has 242 valence electrons. The van der Waals surface area contributed by atoms with E-state index in [1.54, 1.807) is 31.2 Å². The van der Waals surface area contributed by atoms with Gasteiger partial charge in [-0.1, -0.05) is 80.9 Å². The summed E-state index contributed by atoms with van der Waals surface area (Å²) in [7, 11) is 0. The van der Waals surface area contributed by atoms with E-state index in [2.05, 4.69) is 0 Å². The molecule has 2 rings (SSSR count). The molecule has 0 bridgehead atoms. The summed E-state index contributed by atoms with van der Waals surface area (Å²) in [5, 5.41) is 0. The maximum Gasteiger partial charge on any atom is 0.313 e. The van der Waals surface area contributed by atoms with E-state index in [9.17, 15) is 19.2 Å². The Hall–Kier alpha value is -3.84. The summed E-state index contributed by atoms with van der Waals surface area (Å²) in [6.45, 7) is 4.02. The van der Waals surface area contributed by atoms with E-state index in [4.69, 9.17) is 37.9 Å². The monoisotopic (exact) mass is 618 g/mol. The van der Waals surface area contributed by atoms with Gasteiger partial charge in [-0.3, -0.25) is 19.2 Å². The van der Waals surface area contributed by atoms with E-state index in [1.165, 1.54) is 0 Å². The Morgan fingerprint density at radius 2 is 1.32 bits per heavy atom. The van der Waals surface area contributed by atoms with Crippen molar-refractivity contribution >= 4 is 23.9 Å².